The van der Waals surface area contributed by atoms with Crippen molar-refractivity contribution in [3.05, 3.63) is 89.3 Å². The quantitative estimate of drug-likeness (QED) is 0.431. The lowest BCUT2D eigenvalue weighted by Gasteiger charge is -2.20. The third-order valence-corrected chi connectivity index (χ3v) is 5.80. The Hall–Kier alpha value is -3.77. The summed E-state index contributed by atoms with van der Waals surface area (Å²) in [4.78, 5) is 17.3. The second kappa shape index (κ2) is 7.81. The van der Waals surface area contributed by atoms with E-state index in [-0.39, 0.29) is 11.9 Å². The molecule has 0 aliphatic heterocycles. The average Bonchev–Trinajstić information content (AvgIpc) is 3.28. The molecule has 6 nitrogen and oxygen atoms in total. The van der Waals surface area contributed by atoms with E-state index in [1.165, 1.54) is 11.1 Å². The lowest BCUT2D eigenvalue weighted by atomic mass is 9.85. The number of carbonyl (C=O) groups is 1. The van der Waals surface area contributed by atoms with Gasteiger partial charge in [-0.25, -0.2) is 4.98 Å². The van der Waals surface area contributed by atoms with Crippen LogP contribution in [0.5, 0.6) is 0 Å². The highest BCUT2D eigenvalue weighted by Crippen LogP contribution is 2.34. The van der Waals surface area contributed by atoms with Gasteiger partial charge in [0, 0.05) is 17.8 Å². The van der Waals surface area contributed by atoms with Crippen LogP contribution in [-0.4, -0.2) is 21.1 Å². The monoisotopic (exact) mass is 409 g/mol. The van der Waals surface area contributed by atoms with Crippen LogP contribution in [0.1, 0.15) is 40.0 Å². The highest BCUT2D eigenvalue weighted by atomic mass is 16.1. The van der Waals surface area contributed by atoms with Gasteiger partial charge in [-0.3, -0.25) is 9.89 Å². The standard InChI is InChI=1S/C25H23N5O/c1-15(26)18-10-9-17(25(31)29-23-11-12-27-24-22(23)14-28-30-24)13-21(18)20-8-4-6-16-5-2-3-7-19(16)20/h2-4,6,8-15H,5,7,26H2,1H3,(H2,27,28,29,30,31). The summed E-state index contributed by atoms with van der Waals surface area (Å²) in [6, 6.07) is 13.8. The fourth-order valence-electron chi connectivity index (χ4n) is 4.21. The van der Waals surface area contributed by atoms with Crippen molar-refractivity contribution in [3.63, 3.8) is 0 Å². The maximum atomic E-state index is 13.1. The number of nitrogens with two attached hydrogens (primary N) is 1. The number of nitrogens with zero attached hydrogens (tertiary/aromatic N) is 2. The van der Waals surface area contributed by atoms with E-state index >= 15 is 0 Å². The summed E-state index contributed by atoms with van der Waals surface area (Å²) in [5, 5.41) is 10.6. The summed E-state index contributed by atoms with van der Waals surface area (Å²) < 4.78 is 0. The number of benzene rings is 2. The molecule has 2 aromatic carbocycles. The van der Waals surface area contributed by atoms with Gasteiger partial charge in [0.25, 0.3) is 5.91 Å². The first-order chi connectivity index (χ1) is 15.1. The third kappa shape index (κ3) is 3.51. The smallest absolute Gasteiger partial charge is 0.255 e. The number of hydrogen-bond acceptors (Lipinski definition) is 4. The Bertz CT molecular complexity index is 1320. The van der Waals surface area contributed by atoms with E-state index in [4.69, 9.17) is 5.73 Å². The molecule has 1 amide bonds. The second-order valence-corrected chi connectivity index (χ2v) is 7.86. The van der Waals surface area contributed by atoms with Gasteiger partial charge in [0.05, 0.1) is 17.3 Å². The molecule has 4 N–H and O–H groups in total. The molecular formula is C25H23N5O. The van der Waals surface area contributed by atoms with Crippen molar-refractivity contribution in [1.29, 1.82) is 0 Å². The van der Waals surface area contributed by atoms with Crippen molar-refractivity contribution in [2.75, 3.05) is 5.32 Å². The van der Waals surface area contributed by atoms with Gasteiger partial charge in [-0.1, -0.05) is 36.4 Å². The number of pyridine rings is 1. The zero-order valence-electron chi connectivity index (χ0n) is 17.2. The van der Waals surface area contributed by atoms with Gasteiger partial charge in [-0.2, -0.15) is 5.10 Å². The van der Waals surface area contributed by atoms with E-state index in [9.17, 15) is 4.79 Å². The third-order valence-electron chi connectivity index (χ3n) is 5.80. The number of carbonyl (C=O) groups excluding carboxylic acids is 1. The Morgan fingerprint density at radius 3 is 2.87 bits per heavy atom. The number of aromatic amines is 1. The molecule has 154 valence electrons. The Labute approximate surface area is 180 Å². The van der Waals surface area contributed by atoms with Gasteiger partial charge in [-0.15, -0.1) is 0 Å². The molecule has 2 aromatic heterocycles. The summed E-state index contributed by atoms with van der Waals surface area (Å²) in [5.41, 5.74) is 14.0. The van der Waals surface area contributed by atoms with Gasteiger partial charge in [0.1, 0.15) is 0 Å². The normalized spacial score (nSPS) is 13.7. The highest BCUT2D eigenvalue weighted by Gasteiger charge is 2.18. The highest BCUT2D eigenvalue weighted by molar-refractivity contribution is 6.08. The summed E-state index contributed by atoms with van der Waals surface area (Å²) in [6.45, 7) is 1.97. The number of aromatic nitrogens is 3. The minimum absolute atomic E-state index is 0.146. The van der Waals surface area contributed by atoms with Crippen molar-refractivity contribution in [1.82, 2.24) is 15.2 Å². The molecule has 1 unspecified atom stereocenters. The van der Waals surface area contributed by atoms with Crippen molar-refractivity contribution >= 4 is 22.6 Å². The Balaban J connectivity index is 1.56. The molecule has 31 heavy (non-hydrogen) atoms. The zero-order chi connectivity index (χ0) is 21.4. The Kier molecular flexibility index (Phi) is 4.84. The molecule has 1 aliphatic carbocycles. The van der Waals surface area contributed by atoms with Gasteiger partial charge in [0.15, 0.2) is 5.65 Å². The van der Waals surface area contributed by atoms with Crippen molar-refractivity contribution < 1.29 is 4.79 Å². The number of amides is 1. The van der Waals surface area contributed by atoms with E-state index < -0.39 is 0 Å². The number of allylic oxidation sites excluding steroid dienone is 2. The first-order valence-corrected chi connectivity index (χ1v) is 10.4. The lowest BCUT2D eigenvalue weighted by Crippen LogP contribution is -2.14. The zero-order valence-corrected chi connectivity index (χ0v) is 17.2. The fourth-order valence-corrected chi connectivity index (χ4v) is 4.21. The molecule has 0 saturated heterocycles. The van der Waals surface area contributed by atoms with Crippen LogP contribution in [0.3, 0.4) is 0 Å². The average molecular weight is 409 g/mol. The Morgan fingerprint density at radius 2 is 2.00 bits per heavy atom. The molecular weight excluding hydrogens is 386 g/mol. The molecule has 5 rings (SSSR count). The molecule has 2 heterocycles. The van der Waals surface area contributed by atoms with Crippen LogP contribution in [0, 0.1) is 0 Å². The van der Waals surface area contributed by atoms with Crippen molar-refractivity contribution in [2.24, 2.45) is 5.73 Å². The molecule has 6 heteroatoms. The molecule has 0 saturated carbocycles. The van der Waals surface area contributed by atoms with Crippen LogP contribution in [0.25, 0.3) is 22.2 Å². The van der Waals surface area contributed by atoms with E-state index in [0.717, 1.165) is 34.9 Å². The van der Waals surface area contributed by atoms with Crippen molar-refractivity contribution in [2.45, 2.75) is 25.8 Å². The second-order valence-electron chi connectivity index (χ2n) is 7.86. The number of hydrogen-bond donors (Lipinski definition) is 3. The summed E-state index contributed by atoms with van der Waals surface area (Å²) in [6.07, 6.45) is 9.52. The number of fused-ring (bicyclic) bond motifs is 2. The van der Waals surface area contributed by atoms with E-state index in [0.29, 0.717) is 16.9 Å². The SMILES string of the molecule is CC(N)c1ccc(C(=O)Nc2ccnc3[nH]ncc23)cc1-c1cccc2c1CC=CC2. The number of nitrogens with one attached hydrogen (secondary N) is 2. The molecule has 1 aliphatic rings. The molecule has 0 fully saturated rings. The first kappa shape index (κ1) is 19.2. The summed E-state index contributed by atoms with van der Waals surface area (Å²) >= 11 is 0. The summed E-state index contributed by atoms with van der Waals surface area (Å²) in [7, 11) is 0. The van der Waals surface area contributed by atoms with Gasteiger partial charge >= 0.3 is 0 Å². The topological polar surface area (TPSA) is 96.7 Å². The van der Waals surface area contributed by atoms with E-state index in [1.807, 2.05) is 25.1 Å². The number of rotatable bonds is 4. The Morgan fingerprint density at radius 1 is 1.13 bits per heavy atom. The van der Waals surface area contributed by atoms with Gasteiger partial charge in [-0.05, 0) is 65.8 Å². The predicted octanol–water partition coefficient (Wildman–Crippen LogP) is 4.55. The van der Waals surface area contributed by atoms with Crippen LogP contribution in [0.4, 0.5) is 5.69 Å². The van der Waals surface area contributed by atoms with Gasteiger partial charge < -0.3 is 11.1 Å². The van der Waals surface area contributed by atoms with E-state index in [2.05, 4.69) is 50.8 Å². The van der Waals surface area contributed by atoms with Crippen LogP contribution in [0.2, 0.25) is 0 Å². The van der Waals surface area contributed by atoms with Crippen LogP contribution >= 0.6 is 0 Å². The summed E-state index contributed by atoms with van der Waals surface area (Å²) in [5.74, 6) is -0.184. The molecule has 0 spiro atoms. The maximum Gasteiger partial charge on any atom is 0.255 e. The minimum Gasteiger partial charge on any atom is -0.324 e. The molecule has 4 aromatic rings. The largest absolute Gasteiger partial charge is 0.324 e. The predicted molar refractivity (Wildman–Crippen MR) is 123 cm³/mol. The first-order valence-electron chi connectivity index (χ1n) is 10.4. The van der Waals surface area contributed by atoms with Crippen molar-refractivity contribution in [3.8, 4) is 11.1 Å². The van der Waals surface area contributed by atoms with Crippen LogP contribution < -0.4 is 11.1 Å². The number of H-pyrrole nitrogens is 1. The van der Waals surface area contributed by atoms with Crippen LogP contribution in [0.15, 0.2) is 67.0 Å². The molecule has 0 radical (unpaired) electrons. The number of anilines is 1. The lowest BCUT2D eigenvalue weighted by molar-refractivity contribution is 0.102. The van der Waals surface area contributed by atoms with Gasteiger partial charge in [0.2, 0.25) is 0 Å². The van der Waals surface area contributed by atoms with Crippen LogP contribution in [-0.2, 0) is 12.8 Å². The molecule has 0 bridgehead atoms. The maximum absolute atomic E-state index is 13.1. The fraction of sp³-hybridized carbons (Fsp3) is 0.160. The van der Waals surface area contributed by atoms with E-state index in [1.54, 1.807) is 18.5 Å². The minimum atomic E-state index is -0.184. The molecule has 1 atom stereocenters.